The lowest BCUT2D eigenvalue weighted by atomic mass is 9.87. The lowest BCUT2D eigenvalue weighted by Gasteiger charge is -2.19. The number of thiophene rings is 2. The van der Waals surface area contributed by atoms with Crippen molar-refractivity contribution in [2.24, 2.45) is 0 Å². The van der Waals surface area contributed by atoms with Crippen LogP contribution in [-0.2, 0) is 11.3 Å². The quantitative estimate of drug-likeness (QED) is 0.450. The Kier molecular flexibility index (Phi) is 5.13. The molecule has 0 saturated heterocycles. The van der Waals surface area contributed by atoms with Crippen LogP contribution in [0.3, 0.4) is 0 Å². The highest BCUT2D eigenvalue weighted by atomic mass is 79.9. The summed E-state index contributed by atoms with van der Waals surface area (Å²) in [4.78, 5) is 18.9. The SMILES string of the molecule is O=C1CCCC(c2sc3c(NCc4cccs4)cc(Cl)nc3c2Br)C1. The van der Waals surface area contributed by atoms with E-state index in [-0.39, 0.29) is 0 Å². The van der Waals surface area contributed by atoms with Crippen LogP contribution in [-0.4, -0.2) is 10.8 Å². The smallest absolute Gasteiger partial charge is 0.133 e. The molecule has 0 amide bonds. The van der Waals surface area contributed by atoms with Crippen molar-refractivity contribution < 1.29 is 4.79 Å². The summed E-state index contributed by atoms with van der Waals surface area (Å²) in [5, 5.41) is 6.04. The summed E-state index contributed by atoms with van der Waals surface area (Å²) < 4.78 is 2.09. The molecule has 3 aromatic heterocycles. The predicted molar refractivity (Wildman–Crippen MR) is 110 cm³/mol. The summed E-state index contributed by atoms with van der Waals surface area (Å²) in [7, 11) is 0. The molecule has 1 atom stereocenters. The third-order valence-electron chi connectivity index (χ3n) is 4.46. The van der Waals surface area contributed by atoms with Gasteiger partial charge in [-0.2, -0.15) is 0 Å². The van der Waals surface area contributed by atoms with E-state index in [1.165, 1.54) is 9.75 Å². The molecule has 3 nitrogen and oxygen atoms in total. The van der Waals surface area contributed by atoms with Crippen LogP contribution in [0.2, 0.25) is 5.15 Å². The molecule has 1 saturated carbocycles. The molecule has 3 heterocycles. The average Bonchev–Trinajstić information content (AvgIpc) is 3.21. The van der Waals surface area contributed by atoms with E-state index in [1.807, 2.05) is 6.07 Å². The number of nitrogens with zero attached hydrogens (tertiary/aromatic N) is 1. The Balaban J connectivity index is 1.71. The summed E-state index contributed by atoms with van der Waals surface area (Å²) in [5.74, 6) is 0.654. The van der Waals surface area contributed by atoms with Gasteiger partial charge in [0.05, 0.1) is 20.4 Å². The summed E-state index contributed by atoms with van der Waals surface area (Å²) >= 11 is 13.4. The van der Waals surface area contributed by atoms with Gasteiger partial charge in [0.2, 0.25) is 0 Å². The molecule has 1 aliphatic rings. The Hall–Kier alpha value is -0.950. The first-order chi connectivity index (χ1) is 12.1. The minimum atomic E-state index is 0.291. The van der Waals surface area contributed by atoms with E-state index in [0.29, 0.717) is 23.3 Å². The lowest BCUT2D eigenvalue weighted by Crippen LogP contribution is -2.12. The second kappa shape index (κ2) is 7.35. The number of halogens is 2. The Bertz CT molecular complexity index is 923. The van der Waals surface area contributed by atoms with E-state index in [4.69, 9.17) is 11.6 Å². The van der Waals surface area contributed by atoms with E-state index in [2.05, 4.69) is 43.7 Å². The van der Waals surface area contributed by atoms with Crippen LogP contribution >= 0.6 is 50.2 Å². The lowest BCUT2D eigenvalue weighted by molar-refractivity contribution is -0.120. The van der Waals surface area contributed by atoms with Gasteiger partial charge in [0, 0.05) is 41.1 Å². The molecule has 0 aliphatic heterocycles. The van der Waals surface area contributed by atoms with Gasteiger partial charge in [-0.25, -0.2) is 4.98 Å². The first kappa shape index (κ1) is 17.5. The van der Waals surface area contributed by atoms with Crippen LogP contribution < -0.4 is 5.32 Å². The number of hydrogen-bond donors (Lipinski definition) is 1. The van der Waals surface area contributed by atoms with E-state index in [1.54, 1.807) is 22.7 Å². The van der Waals surface area contributed by atoms with Crippen molar-refractivity contribution in [1.29, 1.82) is 0 Å². The Morgan fingerprint density at radius 1 is 1.44 bits per heavy atom. The van der Waals surface area contributed by atoms with E-state index in [9.17, 15) is 4.79 Å². The minimum absolute atomic E-state index is 0.291. The van der Waals surface area contributed by atoms with Crippen LogP contribution in [0.25, 0.3) is 10.2 Å². The van der Waals surface area contributed by atoms with Crippen molar-refractivity contribution in [2.75, 3.05) is 5.32 Å². The fourth-order valence-corrected chi connectivity index (χ4v) is 6.35. The topological polar surface area (TPSA) is 42.0 Å². The van der Waals surface area contributed by atoms with Crippen LogP contribution in [0.5, 0.6) is 0 Å². The monoisotopic (exact) mass is 454 g/mol. The average molecular weight is 456 g/mol. The van der Waals surface area contributed by atoms with Gasteiger partial charge in [-0.3, -0.25) is 4.79 Å². The summed E-state index contributed by atoms with van der Waals surface area (Å²) in [5.41, 5.74) is 1.89. The molecule has 1 aliphatic carbocycles. The standard InChI is InChI=1S/C18H16BrClN2OS2/c19-15-16-18(25-17(15)10-3-1-4-11(23)7-10)13(8-14(20)22-16)21-9-12-5-2-6-24-12/h2,5-6,8,10H,1,3-4,7,9H2,(H,21,22). The van der Waals surface area contributed by atoms with Gasteiger partial charge in [0.25, 0.3) is 0 Å². The Morgan fingerprint density at radius 3 is 3.08 bits per heavy atom. The van der Waals surface area contributed by atoms with E-state index < -0.39 is 0 Å². The van der Waals surface area contributed by atoms with Crippen molar-refractivity contribution in [3.8, 4) is 0 Å². The minimum Gasteiger partial charge on any atom is -0.379 e. The van der Waals surface area contributed by atoms with Gasteiger partial charge in [-0.1, -0.05) is 17.7 Å². The first-order valence-electron chi connectivity index (χ1n) is 8.18. The highest BCUT2D eigenvalue weighted by molar-refractivity contribution is 9.10. The normalized spacial score (nSPS) is 18.0. The molecule has 1 N–H and O–H groups in total. The Morgan fingerprint density at radius 2 is 2.32 bits per heavy atom. The maximum Gasteiger partial charge on any atom is 0.133 e. The van der Waals surface area contributed by atoms with Gasteiger partial charge in [-0.15, -0.1) is 22.7 Å². The van der Waals surface area contributed by atoms with Crippen molar-refractivity contribution in [3.63, 3.8) is 0 Å². The maximum absolute atomic E-state index is 11.9. The third kappa shape index (κ3) is 3.63. The molecule has 1 fully saturated rings. The molecule has 7 heteroatoms. The fraction of sp³-hybridized carbons (Fsp3) is 0.333. The molecule has 130 valence electrons. The number of anilines is 1. The number of Topliss-reactive ketones (excluding diaryl/α,β-unsaturated/α-hetero) is 1. The Labute approximate surface area is 167 Å². The number of nitrogens with one attached hydrogen (secondary N) is 1. The summed E-state index contributed by atoms with van der Waals surface area (Å²) in [6, 6.07) is 6.05. The van der Waals surface area contributed by atoms with Crippen molar-refractivity contribution in [1.82, 2.24) is 4.98 Å². The number of rotatable bonds is 4. The van der Waals surface area contributed by atoms with Crippen molar-refractivity contribution in [2.45, 2.75) is 38.1 Å². The molecule has 0 bridgehead atoms. The van der Waals surface area contributed by atoms with Gasteiger partial charge < -0.3 is 5.32 Å². The molecule has 4 rings (SSSR count). The number of pyridine rings is 1. The number of carbonyl (C=O) groups is 1. The van der Waals surface area contributed by atoms with Gasteiger partial charge in [0.1, 0.15) is 10.9 Å². The maximum atomic E-state index is 11.9. The molecule has 0 aromatic carbocycles. The zero-order chi connectivity index (χ0) is 17.4. The summed E-state index contributed by atoms with van der Waals surface area (Å²) in [6.45, 7) is 0.764. The number of ketones is 1. The van der Waals surface area contributed by atoms with Gasteiger partial charge in [-0.05, 0) is 40.2 Å². The second-order valence-electron chi connectivity index (χ2n) is 6.22. The highest BCUT2D eigenvalue weighted by Crippen LogP contribution is 2.46. The number of carbonyl (C=O) groups excluding carboxylic acids is 1. The molecule has 0 radical (unpaired) electrons. The third-order valence-corrected chi connectivity index (χ3v) is 7.97. The zero-order valence-corrected chi connectivity index (χ0v) is 17.3. The van der Waals surface area contributed by atoms with Crippen LogP contribution in [0.15, 0.2) is 28.1 Å². The highest BCUT2D eigenvalue weighted by Gasteiger charge is 2.26. The molecule has 3 aromatic rings. The molecule has 25 heavy (non-hydrogen) atoms. The van der Waals surface area contributed by atoms with Crippen LogP contribution in [0, 0.1) is 0 Å². The largest absolute Gasteiger partial charge is 0.379 e. The van der Waals surface area contributed by atoms with Gasteiger partial charge in [0.15, 0.2) is 0 Å². The number of hydrogen-bond acceptors (Lipinski definition) is 5. The number of fused-ring (bicyclic) bond motifs is 1. The molecule has 1 unspecified atom stereocenters. The van der Waals surface area contributed by atoms with Crippen LogP contribution in [0.4, 0.5) is 5.69 Å². The van der Waals surface area contributed by atoms with Crippen molar-refractivity contribution in [3.05, 3.63) is 43.0 Å². The van der Waals surface area contributed by atoms with Crippen molar-refractivity contribution >= 4 is 71.9 Å². The van der Waals surface area contributed by atoms with Gasteiger partial charge >= 0.3 is 0 Å². The second-order valence-corrected chi connectivity index (χ2v) is 9.48. The number of aromatic nitrogens is 1. The molecular weight excluding hydrogens is 440 g/mol. The molecular formula is C18H16BrClN2OS2. The molecule has 0 spiro atoms. The fourth-order valence-electron chi connectivity index (χ4n) is 3.26. The predicted octanol–water partition coefficient (Wildman–Crippen LogP) is 6.61. The first-order valence-corrected chi connectivity index (χ1v) is 11.0. The zero-order valence-electron chi connectivity index (χ0n) is 13.4. The van der Waals surface area contributed by atoms with E-state index >= 15 is 0 Å². The van der Waals surface area contributed by atoms with Crippen LogP contribution in [0.1, 0.15) is 41.4 Å². The van der Waals surface area contributed by atoms with E-state index in [0.717, 1.165) is 46.2 Å². The summed E-state index contributed by atoms with van der Waals surface area (Å²) in [6.07, 6.45) is 3.39.